The molecule has 3 aromatic rings. The zero-order valence-electron chi connectivity index (χ0n) is 11.9. The van der Waals surface area contributed by atoms with Crippen molar-refractivity contribution >= 4 is 22.7 Å². The minimum absolute atomic E-state index is 0.780. The fourth-order valence-electron chi connectivity index (χ4n) is 1.81. The van der Waals surface area contributed by atoms with Gasteiger partial charge in [0.05, 0.1) is 22.7 Å². The molecule has 4 heteroatoms. The van der Waals surface area contributed by atoms with Gasteiger partial charge in [-0.05, 0) is 48.5 Å². The molecule has 0 amide bonds. The third-order valence-electron chi connectivity index (χ3n) is 2.92. The molecule has 0 saturated carbocycles. The maximum Gasteiger partial charge on any atom is 0.0858 e. The van der Waals surface area contributed by atoms with E-state index in [0.717, 1.165) is 22.7 Å². The number of benzene rings is 3. The minimum atomic E-state index is 0.780. The highest BCUT2D eigenvalue weighted by atomic mass is 15.1. The van der Waals surface area contributed by atoms with Gasteiger partial charge in [0.25, 0.3) is 0 Å². The van der Waals surface area contributed by atoms with Gasteiger partial charge in [0.1, 0.15) is 0 Å². The molecular weight excluding hydrogens is 272 g/mol. The highest BCUT2D eigenvalue weighted by molar-refractivity contribution is 5.48. The van der Waals surface area contributed by atoms with Crippen molar-refractivity contribution < 1.29 is 0 Å². The van der Waals surface area contributed by atoms with Gasteiger partial charge in [0.15, 0.2) is 0 Å². The fourth-order valence-corrected chi connectivity index (χ4v) is 1.81. The van der Waals surface area contributed by atoms with Gasteiger partial charge < -0.3 is 0 Å². The maximum absolute atomic E-state index is 4.19. The average Bonchev–Trinajstić information content (AvgIpc) is 2.61. The van der Waals surface area contributed by atoms with Gasteiger partial charge >= 0.3 is 0 Å². The van der Waals surface area contributed by atoms with Crippen LogP contribution in [0.15, 0.2) is 105 Å². The van der Waals surface area contributed by atoms with E-state index in [2.05, 4.69) is 20.5 Å². The van der Waals surface area contributed by atoms with Crippen molar-refractivity contribution in [3.8, 4) is 0 Å². The maximum atomic E-state index is 4.19. The van der Waals surface area contributed by atoms with Crippen LogP contribution in [-0.4, -0.2) is 0 Å². The molecule has 0 atom stereocenters. The lowest BCUT2D eigenvalue weighted by Gasteiger charge is -1.95. The van der Waals surface area contributed by atoms with E-state index >= 15 is 0 Å². The Morgan fingerprint density at radius 3 is 0.909 bits per heavy atom. The number of nitrogens with zero attached hydrogens (tertiary/aromatic N) is 4. The number of rotatable bonds is 4. The Kier molecular flexibility index (Phi) is 4.42. The smallest absolute Gasteiger partial charge is 0.0858 e. The highest BCUT2D eigenvalue weighted by Crippen LogP contribution is 2.23. The number of azo groups is 2. The van der Waals surface area contributed by atoms with Gasteiger partial charge in [0, 0.05) is 0 Å². The lowest BCUT2D eigenvalue weighted by molar-refractivity contribution is 1.21. The van der Waals surface area contributed by atoms with Crippen LogP contribution < -0.4 is 0 Å². The van der Waals surface area contributed by atoms with E-state index in [-0.39, 0.29) is 0 Å². The molecule has 0 bridgehead atoms. The summed E-state index contributed by atoms with van der Waals surface area (Å²) in [6, 6.07) is 26.7. The third-order valence-corrected chi connectivity index (χ3v) is 2.92. The molecule has 22 heavy (non-hydrogen) atoms. The molecule has 0 aliphatic carbocycles. The topological polar surface area (TPSA) is 49.4 Å². The summed E-state index contributed by atoms with van der Waals surface area (Å²) in [7, 11) is 0. The first-order valence-corrected chi connectivity index (χ1v) is 6.94. The third kappa shape index (κ3) is 3.93. The van der Waals surface area contributed by atoms with E-state index in [1.54, 1.807) is 0 Å². The van der Waals surface area contributed by atoms with Crippen molar-refractivity contribution in [2.45, 2.75) is 0 Å². The Morgan fingerprint density at radius 2 is 0.591 bits per heavy atom. The number of hydrogen-bond acceptors (Lipinski definition) is 4. The summed E-state index contributed by atoms with van der Waals surface area (Å²) in [5.74, 6) is 0. The van der Waals surface area contributed by atoms with Crippen molar-refractivity contribution in [1.29, 1.82) is 0 Å². The highest BCUT2D eigenvalue weighted by Gasteiger charge is 1.93. The van der Waals surface area contributed by atoms with Gasteiger partial charge in [-0.15, -0.1) is 0 Å². The van der Waals surface area contributed by atoms with E-state index in [1.807, 2.05) is 84.9 Å². The molecule has 0 aromatic heterocycles. The average molecular weight is 286 g/mol. The summed E-state index contributed by atoms with van der Waals surface area (Å²) < 4.78 is 0. The fraction of sp³-hybridized carbons (Fsp3) is 0. The van der Waals surface area contributed by atoms with Crippen LogP contribution in [0.1, 0.15) is 0 Å². The van der Waals surface area contributed by atoms with Gasteiger partial charge in [0.2, 0.25) is 0 Å². The Balaban J connectivity index is 1.68. The summed E-state index contributed by atoms with van der Waals surface area (Å²) in [6.07, 6.45) is 0. The van der Waals surface area contributed by atoms with Crippen molar-refractivity contribution in [2.75, 3.05) is 0 Å². The second-order valence-electron chi connectivity index (χ2n) is 4.59. The number of hydrogen-bond donors (Lipinski definition) is 0. The molecule has 0 N–H and O–H groups in total. The summed E-state index contributed by atoms with van der Waals surface area (Å²) in [5.41, 5.74) is 3.22. The minimum Gasteiger partial charge on any atom is -0.151 e. The Bertz CT molecular complexity index is 695. The second-order valence-corrected chi connectivity index (χ2v) is 4.59. The predicted molar refractivity (Wildman–Crippen MR) is 87.7 cm³/mol. The zero-order valence-corrected chi connectivity index (χ0v) is 11.9. The molecule has 0 heterocycles. The van der Waals surface area contributed by atoms with E-state index in [0.29, 0.717) is 0 Å². The normalized spacial score (nSPS) is 11.3. The Hall–Kier alpha value is -3.14. The van der Waals surface area contributed by atoms with Crippen LogP contribution in [0.4, 0.5) is 22.7 Å². The molecule has 0 fully saturated rings. The predicted octanol–water partition coefficient (Wildman–Crippen LogP) is 6.52. The van der Waals surface area contributed by atoms with Crippen molar-refractivity contribution in [3.63, 3.8) is 0 Å². The van der Waals surface area contributed by atoms with Crippen molar-refractivity contribution in [1.82, 2.24) is 0 Å². The first-order chi connectivity index (χ1) is 10.9. The summed E-state index contributed by atoms with van der Waals surface area (Å²) >= 11 is 0. The van der Waals surface area contributed by atoms with Crippen molar-refractivity contribution in [3.05, 3.63) is 84.9 Å². The summed E-state index contributed by atoms with van der Waals surface area (Å²) in [4.78, 5) is 0. The molecule has 4 nitrogen and oxygen atoms in total. The first-order valence-electron chi connectivity index (χ1n) is 6.94. The summed E-state index contributed by atoms with van der Waals surface area (Å²) in [5, 5.41) is 16.7. The van der Waals surface area contributed by atoms with Crippen LogP contribution in [0.25, 0.3) is 0 Å². The first kappa shape index (κ1) is 13.8. The quantitative estimate of drug-likeness (QED) is 0.490. The standard InChI is InChI=1S/C18H14N4/c1-3-7-15(8-4-1)19-21-17-11-13-18(14-12-17)22-20-16-9-5-2-6-10-16/h1-14H/b21-19-,22-20-. The molecule has 0 spiro atoms. The molecule has 106 valence electrons. The van der Waals surface area contributed by atoms with E-state index in [9.17, 15) is 0 Å². The molecule has 0 radical (unpaired) electrons. The van der Waals surface area contributed by atoms with Crippen LogP contribution in [0.2, 0.25) is 0 Å². The van der Waals surface area contributed by atoms with Crippen LogP contribution in [-0.2, 0) is 0 Å². The summed E-state index contributed by atoms with van der Waals surface area (Å²) in [6.45, 7) is 0. The Morgan fingerprint density at radius 1 is 0.318 bits per heavy atom. The molecule has 0 unspecified atom stereocenters. The lowest BCUT2D eigenvalue weighted by atomic mass is 10.3. The Labute approximate surface area is 128 Å². The van der Waals surface area contributed by atoms with E-state index in [4.69, 9.17) is 0 Å². The van der Waals surface area contributed by atoms with Crippen LogP contribution >= 0.6 is 0 Å². The molecule has 3 rings (SSSR count). The zero-order chi connectivity index (χ0) is 15.0. The van der Waals surface area contributed by atoms with Crippen LogP contribution in [0, 0.1) is 0 Å². The second kappa shape index (κ2) is 7.04. The van der Waals surface area contributed by atoms with Crippen molar-refractivity contribution in [2.24, 2.45) is 20.5 Å². The molecular formula is C18H14N4. The lowest BCUT2D eigenvalue weighted by Crippen LogP contribution is -1.66. The van der Waals surface area contributed by atoms with Gasteiger partial charge in [-0.3, -0.25) is 0 Å². The van der Waals surface area contributed by atoms with Gasteiger partial charge in [-0.1, -0.05) is 36.4 Å². The van der Waals surface area contributed by atoms with Gasteiger partial charge in [-0.2, -0.15) is 20.5 Å². The molecule has 0 aliphatic rings. The molecule has 0 aliphatic heterocycles. The van der Waals surface area contributed by atoms with E-state index < -0.39 is 0 Å². The van der Waals surface area contributed by atoms with Crippen LogP contribution in [0.5, 0.6) is 0 Å². The van der Waals surface area contributed by atoms with E-state index in [1.165, 1.54) is 0 Å². The van der Waals surface area contributed by atoms with Gasteiger partial charge in [-0.25, -0.2) is 0 Å². The SMILES string of the molecule is c1ccc(/N=N\c2ccc(/N=N\c3ccccc3)cc2)cc1. The molecule has 3 aromatic carbocycles. The van der Waals surface area contributed by atoms with Crippen LogP contribution in [0.3, 0.4) is 0 Å². The molecule has 0 saturated heterocycles. The monoisotopic (exact) mass is 286 g/mol. The largest absolute Gasteiger partial charge is 0.151 e.